The minimum absolute atomic E-state index is 0.190. The summed E-state index contributed by atoms with van der Waals surface area (Å²) in [5, 5.41) is 8.59. The van der Waals surface area contributed by atoms with Crippen LogP contribution in [0.25, 0.3) is 0 Å². The molecule has 1 aromatic rings. The highest BCUT2D eigenvalue weighted by atomic mass is 32.2. The van der Waals surface area contributed by atoms with Gasteiger partial charge in [0.15, 0.2) is 0 Å². The van der Waals surface area contributed by atoms with Crippen LogP contribution in [-0.4, -0.2) is 21.7 Å². The molecule has 5 heteroatoms. The zero-order chi connectivity index (χ0) is 12.7. The molecular formula is C12H18FNO2S. The molecule has 0 saturated heterocycles. The van der Waals surface area contributed by atoms with Crippen LogP contribution in [0.1, 0.15) is 25.7 Å². The fraction of sp³-hybridized carbons (Fsp3) is 0.500. The zero-order valence-electron chi connectivity index (χ0n) is 9.69. The molecule has 0 aliphatic carbocycles. The molecule has 0 aromatic heterocycles. The Morgan fingerprint density at radius 2 is 1.94 bits per heavy atom. The number of hydrogen-bond acceptors (Lipinski definition) is 3. The molecule has 17 heavy (non-hydrogen) atoms. The monoisotopic (exact) mass is 259 g/mol. The lowest BCUT2D eigenvalue weighted by Gasteiger charge is -2.04. The van der Waals surface area contributed by atoms with Crippen molar-refractivity contribution in [1.29, 1.82) is 0 Å². The summed E-state index contributed by atoms with van der Waals surface area (Å²) in [6, 6.07) is 4.23. The first-order valence-corrected chi connectivity index (χ1v) is 7.01. The van der Waals surface area contributed by atoms with Gasteiger partial charge in [0.05, 0.1) is 15.7 Å². The Bertz CT molecular complexity index is 385. The Morgan fingerprint density at radius 1 is 1.24 bits per heavy atom. The lowest BCUT2D eigenvalue weighted by Crippen LogP contribution is -2.02. The van der Waals surface area contributed by atoms with Crippen molar-refractivity contribution in [1.82, 2.24) is 0 Å². The van der Waals surface area contributed by atoms with Gasteiger partial charge in [0.1, 0.15) is 5.82 Å². The third-order valence-corrected chi connectivity index (χ3v) is 3.92. The van der Waals surface area contributed by atoms with E-state index in [-0.39, 0.29) is 11.5 Å². The second-order valence-corrected chi connectivity index (χ2v) is 5.42. The first-order chi connectivity index (χ1) is 8.15. The van der Waals surface area contributed by atoms with Crippen molar-refractivity contribution in [3.8, 4) is 0 Å². The minimum Gasteiger partial charge on any atom is -0.399 e. The standard InChI is InChI=1S/C12H18FNO2S/c13-11-9-10(14)5-6-12(11)17(16)8-4-2-1-3-7-15/h5-6,9,15H,1-4,7-8,14H2. The van der Waals surface area contributed by atoms with Gasteiger partial charge in [-0.2, -0.15) is 0 Å². The number of benzene rings is 1. The van der Waals surface area contributed by atoms with E-state index in [1.54, 1.807) is 6.07 Å². The molecule has 0 radical (unpaired) electrons. The summed E-state index contributed by atoms with van der Waals surface area (Å²) in [5.41, 5.74) is 5.76. The zero-order valence-corrected chi connectivity index (χ0v) is 10.5. The van der Waals surface area contributed by atoms with Crippen LogP contribution >= 0.6 is 0 Å². The molecule has 0 heterocycles. The van der Waals surface area contributed by atoms with Crippen LogP contribution in [0.3, 0.4) is 0 Å². The van der Waals surface area contributed by atoms with Gasteiger partial charge in [-0.1, -0.05) is 12.8 Å². The normalized spacial score (nSPS) is 12.6. The van der Waals surface area contributed by atoms with E-state index in [2.05, 4.69) is 0 Å². The summed E-state index contributed by atoms with van der Waals surface area (Å²) in [6.07, 6.45) is 3.36. The summed E-state index contributed by atoms with van der Waals surface area (Å²) < 4.78 is 25.2. The maximum absolute atomic E-state index is 13.4. The fourth-order valence-corrected chi connectivity index (χ4v) is 2.69. The summed E-state index contributed by atoms with van der Waals surface area (Å²) in [5.74, 6) is -0.0506. The molecule has 1 unspecified atom stereocenters. The number of nitrogen functional groups attached to an aromatic ring is 1. The predicted molar refractivity (Wildman–Crippen MR) is 67.6 cm³/mol. The van der Waals surface area contributed by atoms with Gasteiger partial charge < -0.3 is 10.8 Å². The van der Waals surface area contributed by atoms with E-state index in [0.717, 1.165) is 25.7 Å². The Hall–Kier alpha value is -0.940. The highest BCUT2D eigenvalue weighted by Crippen LogP contribution is 2.16. The summed E-state index contributed by atoms with van der Waals surface area (Å²) in [7, 11) is -1.30. The molecule has 0 fully saturated rings. The molecule has 3 N–H and O–H groups in total. The quantitative estimate of drug-likeness (QED) is 0.582. The van der Waals surface area contributed by atoms with Crippen molar-refractivity contribution >= 4 is 16.5 Å². The fourth-order valence-electron chi connectivity index (χ4n) is 1.51. The molecule has 0 saturated carbocycles. The van der Waals surface area contributed by atoms with Crippen LogP contribution in [0.2, 0.25) is 0 Å². The molecule has 0 aliphatic rings. The second-order valence-electron chi connectivity index (χ2n) is 3.88. The number of unbranched alkanes of at least 4 members (excludes halogenated alkanes) is 3. The molecule has 0 spiro atoms. The van der Waals surface area contributed by atoms with E-state index in [0.29, 0.717) is 11.4 Å². The number of rotatable bonds is 7. The van der Waals surface area contributed by atoms with Gasteiger partial charge >= 0.3 is 0 Å². The SMILES string of the molecule is Nc1ccc(S(=O)CCCCCCO)c(F)c1. The van der Waals surface area contributed by atoms with Crippen LogP contribution in [0.4, 0.5) is 10.1 Å². The molecule has 3 nitrogen and oxygen atoms in total. The maximum Gasteiger partial charge on any atom is 0.141 e. The van der Waals surface area contributed by atoms with Crippen molar-refractivity contribution in [2.24, 2.45) is 0 Å². The van der Waals surface area contributed by atoms with E-state index in [1.807, 2.05) is 0 Å². The lowest BCUT2D eigenvalue weighted by atomic mass is 10.2. The number of hydrogen-bond donors (Lipinski definition) is 2. The molecular weight excluding hydrogens is 241 g/mol. The molecule has 0 amide bonds. The Labute approximate surface area is 103 Å². The number of aliphatic hydroxyl groups is 1. The van der Waals surface area contributed by atoms with Gasteiger partial charge in [0.2, 0.25) is 0 Å². The molecule has 1 atom stereocenters. The van der Waals surface area contributed by atoms with Gasteiger partial charge in [-0.25, -0.2) is 4.39 Å². The van der Waals surface area contributed by atoms with E-state index >= 15 is 0 Å². The third kappa shape index (κ3) is 4.83. The largest absolute Gasteiger partial charge is 0.399 e. The van der Waals surface area contributed by atoms with E-state index in [4.69, 9.17) is 10.8 Å². The number of anilines is 1. The Morgan fingerprint density at radius 3 is 2.59 bits per heavy atom. The molecule has 1 aromatic carbocycles. The number of halogens is 1. The molecule has 0 aliphatic heterocycles. The van der Waals surface area contributed by atoms with E-state index in [9.17, 15) is 8.60 Å². The molecule has 1 rings (SSSR count). The Kier molecular flexibility index (Phi) is 6.15. The van der Waals surface area contributed by atoms with Gasteiger partial charge in [-0.15, -0.1) is 0 Å². The second kappa shape index (κ2) is 7.40. The lowest BCUT2D eigenvalue weighted by molar-refractivity contribution is 0.283. The predicted octanol–water partition coefficient (Wildman–Crippen LogP) is 2.07. The summed E-state index contributed by atoms with van der Waals surface area (Å²) in [4.78, 5) is 0.223. The molecule has 96 valence electrons. The average Bonchev–Trinajstić information content (AvgIpc) is 2.28. The van der Waals surface area contributed by atoms with Gasteiger partial charge in [-0.3, -0.25) is 4.21 Å². The Balaban J connectivity index is 2.42. The van der Waals surface area contributed by atoms with Crippen molar-refractivity contribution in [2.45, 2.75) is 30.6 Å². The average molecular weight is 259 g/mol. The smallest absolute Gasteiger partial charge is 0.141 e. The van der Waals surface area contributed by atoms with Crippen LogP contribution in [-0.2, 0) is 10.8 Å². The first-order valence-electron chi connectivity index (χ1n) is 5.69. The maximum atomic E-state index is 13.4. The first kappa shape index (κ1) is 14.1. The van der Waals surface area contributed by atoms with E-state index in [1.165, 1.54) is 12.1 Å². The third-order valence-electron chi connectivity index (χ3n) is 2.44. The molecule has 0 bridgehead atoms. The number of nitrogens with two attached hydrogens (primary N) is 1. The summed E-state index contributed by atoms with van der Waals surface area (Å²) >= 11 is 0. The summed E-state index contributed by atoms with van der Waals surface area (Å²) in [6.45, 7) is 0.190. The van der Waals surface area contributed by atoms with Crippen LogP contribution < -0.4 is 5.73 Å². The van der Waals surface area contributed by atoms with E-state index < -0.39 is 16.6 Å². The van der Waals surface area contributed by atoms with Crippen molar-refractivity contribution in [3.05, 3.63) is 24.0 Å². The van der Waals surface area contributed by atoms with Gasteiger partial charge in [-0.05, 0) is 31.0 Å². The minimum atomic E-state index is -1.30. The highest BCUT2D eigenvalue weighted by molar-refractivity contribution is 7.85. The highest BCUT2D eigenvalue weighted by Gasteiger charge is 2.09. The van der Waals surface area contributed by atoms with Crippen molar-refractivity contribution < 1.29 is 13.7 Å². The van der Waals surface area contributed by atoms with Crippen molar-refractivity contribution in [2.75, 3.05) is 18.1 Å². The van der Waals surface area contributed by atoms with Crippen LogP contribution in [0.5, 0.6) is 0 Å². The van der Waals surface area contributed by atoms with Gasteiger partial charge in [0, 0.05) is 18.0 Å². The topological polar surface area (TPSA) is 63.3 Å². The van der Waals surface area contributed by atoms with Gasteiger partial charge in [0.25, 0.3) is 0 Å². The number of aliphatic hydroxyl groups excluding tert-OH is 1. The van der Waals surface area contributed by atoms with Crippen molar-refractivity contribution in [3.63, 3.8) is 0 Å². The van der Waals surface area contributed by atoms with Crippen LogP contribution in [0.15, 0.2) is 23.1 Å². The van der Waals surface area contributed by atoms with Crippen LogP contribution in [0, 0.1) is 5.82 Å².